The number of likely N-dealkylation sites (tertiary alicyclic amines) is 1. The molecule has 2 aliphatic rings. The van der Waals surface area contributed by atoms with E-state index >= 15 is 0 Å². The molecule has 122 valence electrons. The van der Waals surface area contributed by atoms with Crippen molar-refractivity contribution in [1.82, 2.24) is 20.4 Å². The summed E-state index contributed by atoms with van der Waals surface area (Å²) in [5.41, 5.74) is -0.347. The van der Waals surface area contributed by atoms with E-state index in [0.717, 1.165) is 32.4 Å². The topological polar surface area (TPSA) is 93.6 Å². The van der Waals surface area contributed by atoms with Crippen LogP contribution in [0.2, 0.25) is 0 Å². The van der Waals surface area contributed by atoms with Crippen molar-refractivity contribution in [2.45, 2.75) is 31.4 Å². The molecule has 1 N–H and O–H groups in total. The number of ether oxygens (including phenoxy) is 1. The van der Waals surface area contributed by atoms with Gasteiger partial charge in [-0.05, 0) is 31.5 Å². The lowest BCUT2D eigenvalue weighted by Gasteiger charge is -2.24. The van der Waals surface area contributed by atoms with Crippen LogP contribution >= 0.6 is 0 Å². The highest BCUT2D eigenvalue weighted by molar-refractivity contribution is 5.70. The lowest BCUT2D eigenvalue weighted by atomic mass is 9.95. The van der Waals surface area contributed by atoms with E-state index in [2.05, 4.69) is 20.4 Å². The zero-order valence-corrected chi connectivity index (χ0v) is 12.7. The van der Waals surface area contributed by atoms with Gasteiger partial charge in [0.2, 0.25) is 11.7 Å². The summed E-state index contributed by atoms with van der Waals surface area (Å²) in [6, 6.07) is 3.59. The van der Waals surface area contributed by atoms with Crippen LogP contribution in [0.3, 0.4) is 0 Å². The van der Waals surface area contributed by atoms with Crippen molar-refractivity contribution >= 4 is 6.09 Å². The first-order chi connectivity index (χ1) is 11.2. The van der Waals surface area contributed by atoms with Crippen LogP contribution < -0.4 is 5.32 Å². The second kappa shape index (κ2) is 5.69. The third-order valence-corrected chi connectivity index (χ3v) is 4.42. The molecule has 2 aliphatic heterocycles. The summed E-state index contributed by atoms with van der Waals surface area (Å²) in [6.45, 7) is 2.93. The Morgan fingerprint density at radius 1 is 1.35 bits per heavy atom. The van der Waals surface area contributed by atoms with Gasteiger partial charge in [0.25, 0.3) is 0 Å². The summed E-state index contributed by atoms with van der Waals surface area (Å²) < 4.78 is 16.0. The Labute approximate surface area is 132 Å². The van der Waals surface area contributed by atoms with Gasteiger partial charge in [-0.25, -0.2) is 4.79 Å². The van der Waals surface area contributed by atoms with Gasteiger partial charge in [-0.3, -0.25) is 4.90 Å². The summed E-state index contributed by atoms with van der Waals surface area (Å²) in [4.78, 5) is 17.9. The van der Waals surface area contributed by atoms with E-state index < -0.39 is 0 Å². The van der Waals surface area contributed by atoms with Gasteiger partial charge < -0.3 is 19.0 Å². The van der Waals surface area contributed by atoms with Crippen molar-refractivity contribution in [2.24, 2.45) is 0 Å². The molecule has 1 atom stereocenters. The first-order valence-electron chi connectivity index (χ1n) is 7.78. The molecule has 0 aliphatic carbocycles. The van der Waals surface area contributed by atoms with E-state index in [1.165, 1.54) is 0 Å². The number of carbonyl (C=O) groups is 1. The molecule has 1 unspecified atom stereocenters. The fraction of sp³-hybridized carbons (Fsp3) is 0.533. The zero-order valence-electron chi connectivity index (χ0n) is 12.7. The van der Waals surface area contributed by atoms with Crippen LogP contribution in [0.25, 0.3) is 11.6 Å². The minimum absolute atomic E-state index is 0.307. The normalized spacial score (nSPS) is 25.3. The quantitative estimate of drug-likeness (QED) is 0.922. The van der Waals surface area contributed by atoms with Crippen LogP contribution in [0.5, 0.6) is 0 Å². The van der Waals surface area contributed by atoms with Gasteiger partial charge in [-0.1, -0.05) is 5.16 Å². The molecule has 1 spiro atoms. The monoisotopic (exact) mass is 318 g/mol. The van der Waals surface area contributed by atoms with Crippen molar-refractivity contribution in [3.63, 3.8) is 0 Å². The number of hydrogen-bond donors (Lipinski definition) is 1. The lowest BCUT2D eigenvalue weighted by Crippen LogP contribution is -2.34. The average molecular weight is 318 g/mol. The Morgan fingerprint density at radius 3 is 3.09 bits per heavy atom. The number of furan rings is 1. The van der Waals surface area contributed by atoms with Crippen molar-refractivity contribution in [3.8, 4) is 11.6 Å². The molecule has 4 rings (SSSR count). The minimum Gasteiger partial charge on any atom is -0.461 e. The van der Waals surface area contributed by atoms with E-state index in [1.54, 1.807) is 18.4 Å². The largest absolute Gasteiger partial charge is 0.461 e. The van der Waals surface area contributed by atoms with Crippen molar-refractivity contribution < 1.29 is 18.5 Å². The fourth-order valence-electron chi connectivity index (χ4n) is 3.18. The van der Waals surface area contributed by atoms with E-state index in [1.807, 2.05) is 0 Å². The molecule has 2 fully saturated rings. The molecule has 2 aromatic rings. The minimum atomic E-state index is -0.347. The molecule has 1 amide bonds. The molecule has 23 heavy (non-hydrogen) atoms. The van der Waals surface area contributed by atoms with Gasteiger partial charge in [0.05, 0.1) is 19.4 Å². The number of nitrogens with one attached hydrogen (secondary N) is 1. The van der Waals surface area contributed by atoms with E-state index in [0.29, 0.717) is 30.6 Å². The molecule has 0 aromatic carbocycles. The molecule has 2 saturated heterocycles. The molecule has 4 heterocycles. The number of aromatic nitrogens is 2. The Bertz CT molecular complexity index is 683. The average Bonchev–Trinajstić information content (AvgIpc) is 3.23. The second-order valence-electron chi connectivity index (χ2n) is 6.04. The molecule has 8 heteroatoms. The van der Waals surface area contributed by atoms with Crippen LogP contribution in [-0.4, -0.2) is 46.4 Å². The number of nitrogens with zero attached hydrogens (tertiary/aromatic N) is 3. The Hall–Kier alpha value is -2.35. The van der Waals surface area contributed by atoms with Gasteiger partial charge in [0, 0.05) is 13.0 Å². The predicted molar refractivity (Wildman–Crippen MR) is 78.3 cm³/mol. The summed E-state index contributed by atoms with van der Waals surface area (Å²) in [6.07, 6.45) is 3.93. The van der Waals surface area contributed by atoms with Gasteiger partial charge in [-0.2, -0.15) is 4.98 Å². The highest BCUT2D eigenvalue weighted by Crippen LogP contribution is 2.29. The number of rotatable bonds is 3. The fourth-order valence-corrected chi connectivity index (χ4v) is 3.18. The number of amides is 1. The van der Waals surface area contributed by atoms with Crippen LogP contribution in [0.15, 0.2) is 27.3 Å². The van der Waals surface area contributed by atoms with Crippen LogP contribution in [0.4, 0.5) is 4.79 Å². The molecule has 8 nitrogen and oxygen atoms in total. The van der Waals surface area contributed by atoms with Crippen LogP contribution in [0, 0.1) is 0 Å². The summed E-state index contributed by atoms with van der Waals surface area (Å²) in [5, 5.41) is 6.70. The molecule has 0 bridgehead atoms. The van der Waals surface area contributed by atoms with Crippen molar-refractivity contribution in [2.75, 3.05) is 19.6 Å². The van der Waals surface area contributed by atoms with Gasteiger partial charge >= 0.3 is 6.09 Å². The number of alkyl carbamates (subject to hydrolysis) is 1. The Morgan fingerprint density at radius 2 is 2.30 bits per heavy atom. The predicted octanol–water partition coefficient (Wildman–Crippen LogP) is 1.79. The smallest absolute Gasteiger partial charge is 0.407 e. The Balaban J connectivity index is 1.39. The highest BCUT2D eigenvalue weighted by Gasteiger charge is 2.41. The Kier molecular flexibility index (Phi) is 3.53. The highest BCUT2D eigenvalue weighted by atomic mass is 16.6. The molecule has 0 saturated carbocycles. The SMILES string of the molecule is O=C1NCC2(CCCN(Cc3nc(-c4ccco4)no3)CC2)O1. The van der Waals surface area contributed by atoms with Crippen LogP contribution in [-0.2, 0) is 11.3 Å². The maximum Gasteiger partial charge on any atom is 0.407 e. The second-order valence-corrected chi connectivity index (χ2v) is 6.04. The van der Waals surface area contributed by atoms with E-state index in [9.17, 15) is 4.79 Å². The van der Waals surface area contributed by atoms with Crippen molar-refractivity contribution in [1.29, 1.82) is 0 Å². The standard InChI is InChI=1S/C15H18N4O4/c20-14-16-10-15(22-14)4-2-6-19(7-5-15)9-12-17-13(18-23-12)11-3-1-8-21-11/h1,3,8H,2,4-7,9-10H2,(H,16,20). The first kappa shape index (κ1) is 14.3. The van der Waals surface area contributed by atoms with Crippen molar-refractivity contribution in [3.05, 3.63) is 24.3 Å². The summed E-state index contributed by atoms with van der Waals surface area (Å²) in [7, 11) is 0. The molecular weight excluding hydrogens is 300 g/mol. The molecule has 0 radical (unpaired) electrons. The number of carbonyl (C=O) groups excluding carboxylic acids is 1. The first-order valence-corrected chi connectivity index (χ1v) is 7.78. The third-order valence-electron chi connectivity index (χ3n) is 4.42. The van der Waals surface area contributed by atoms with Crippen LogP contribution in [0.1, 0.15) is 25.2 Å². The van der Waals surface area contributed by atoms with E-state index in [4.69, 9.17) is 13.7 Å². The third kappa shape index (κ3) is 2.94. The zero-order chi connectivity index (χ0) is 15.7. The molecular formula is C15H18N4O4. The summed E-state index contributed by atoms with van der Waals surface area (Å²) >= 11 is 0. The number of hydrogen-bond acceptors (Lipinski definition) is 7. The van der Waals surface area contributed by atoms with E-state index in [-0.39, 0.29) is 11.7 Å². The van der Waals surface area contributed by atoms with Gasteiger partial charge in [0.1, 0.15) is 5.60 Å². The lowest BCUT2D eigenvalue weighted by molar-refractivity contribution is 0.0440. The molecule has 2 aromatic heterocycles. The summed E-state index contributed by atoms with van der Waals surface area (Å²) in [5.74, 6) is 1.62. The maximum absolute atomic E-state index is 11.3. The van der Waals surface area contributed by atoms with Gasteiger partial charge in [0.15, 0.2) is 5.76 Å². The van der Waals surface area contributed by atoms with Gasteiger partial charge in [-0.15, -0.1) is 0 Å². The maximum atomic E-state index is 11.3.